The summed E-state index contributed by atoms with van der Waals surface area (Å²) < 4.78 is 21.6. The van der Waals surface area contributed by atoms with Gasteiger partial charge in [0, 0.05) is 6.54 Å². The number of ether oxygens (including phenoxy) is 1. The number of carbonyl (C=O) groups excluding carboxylic acids is 1. The van der Waals surface area contributed by atoms with Crippen LogP contribution in [0.25, 0.3) is 0 Å². The highest BCUT2D eigenvalue weighted by Gasteiger charge is 2.15. The van der Waals surface area contributed by atoms with E-state index in [2.05, 4.69) is 15.5 Å². The minimum absolute atomic E-state index is 0.101. The smallest absolute Gasteiger partial charge is 0.234 e. The Hall–Kier alpha value is -2.87. The molecule has 1 heterocycles. The highest BCUT2D eigenvalue weighted by Crippen LogP contribution is 2.21. The highest BCUT2D eigenvalue weighted by atomic mass is 32.2. The van der Waals surface area contributed by atoms with E-state index in [-0.39, 0.29) is 24.0 Å². The normalized spacial score (nSPS) is 10.8. The van der Waals surface area contributed by atoms with E-state index in [1.54, 1.807) is 19.1 Å². The number of nitrogens with one attached hydrogen (secondary N) is 1. The molecule has 3 aromatic rings. The Morgan fingerprint density at radius 3 is 2.72 bits per heavy atom. The lowest BCUT2D eigenvalue weighted by atomic mass is 10.2. The molecule has 0 radical (unpaired) electrons. The first-order valence-electron chi connectivity index (χ1n) is 9.27. The van der Waals surface area contributed by atoms with Crippen LogP contribution < -0.4 is 10.1 Å². The fourth-order valence-corrected chi connectivity index (χ4v) is 3.57. The summed E-state index contributed by atoms with van der Waals surface area (Å²) in [6.45, 7) is 6.69. The maximum Gasteiger partial charge on any atom is 0.234 e. The van der Waals surface area contributed by atoms with Gasteiger partial charge in [0.05, 0.1) is 11.4 Å². The van der Waals surface area contributed by atoms with E-state index in [9.17, 15) is 9.18 Å². The topological polar surface area (TPSA) is 69.0 Å². The number of amides is 1. The van der Waals surface area contributed by atoms with E-state index in [4.69, 9.17) is 4.74 Å². The molecule has 8 heteroatoms. The predicted octanol–water partition coefficient (Wildman–Crippen LogP) is 4.36. The molecule has 0 aliphatic rings. The van der Waals surface area contributed by atoms with Gasteiger partial charge in [-0.1, -0.05) is 36.0 Å². The van der Waals surface area contributed by atoms with Gasteiger partial charge in [0.1, 0.15) is 18.2 Å². The maximum atomic E-state index is 13.9. The second-order valence-electron chi connectivity index (χ2n) is 6.52. The van der Waals surface area contributed by atoms with Crippen LogP contribution in [0.1, 0.15) is 23.9 Å². The zero-order chi connectivity index (χ0) is 20.8. The first-order valence-corrected chi connectivity index (χ1v) is 10.3. The van der Waals surface area contributed by atoms with Gasteiger partial charge >= 0.3 is 0 Å². The largest absolute Gasteiger partial charge is 0.485 e. The van der Waals surface area contributed by atoms with Crippen LogP contribution in [0.2, 0.25) is 0 Å². The molecule has 1 N–H and O–H groups in total. The quantitative estimate of drug-likeness (QED) is 0.555. The fraction of sp³-hybridized carbons (Fsp3) is 0.286. The Kier molecular flexibility index (Phi) is 6.87. The van der Waals surface area contributed by atoms with E-state index in [0.29, 0.717) is 17.5 Å². The second kappa shape index (κ2) is 9.56. The van der Waals surface area contributed by atoms with Gasteiger partial charge < -0.3 is 14.6 Å². The second-order valence-corrected chi connectivity index (χ2v) is 7.46. The van der Waals surface area contributed by atoms with Crippen LogP contribution in [0.4, 0.5) is 10.1 Å². The molecule has 0 fully saturated rings. The summed E-state index contributed by atoms with van der Waals surface area (Å²) >= 11 is 1.25. The van der Waals surface area contributed by atoms with Gasteiger partial charge in [0.2, 0.25) is 5.91 Å². The monoisotopic (exact) mass is 414 g/mol. The first kappa shape index (κ1) is 20.9. The van der Waals surface area contributed by atoms with Crippen molar-refractivity contribution < 1.29 is 13.9 Å². The molecule has 0 saturated carbocycles. The molecule has 6 nitrogen and oxygen atoms in total. The third kappa shape index (κ3) is 5.35. The lowest BCUT2D eigenvalue weighted by Crippen LogP contribution is -2.16. The molecular formula is C21H23FN4O2S. The highest BCUT2D eigenvalue weighted by molar-refractivity contribution is 7.99. The zero-order valence-electron chi connectivity index (χ0n) is 16.6. The van der Waals surface area contributed by atoms with Crippen LogP contribution in [0, 0.1) is 19.7 Å². The van der Waals surface area contributed by atoms with Gasteiger partial charge in [0.25, 0.3) is 0 Å². The minimum atomic E-state index is -0.448. The minimum Gasteiger partial charge on any atom is -0.485 e. The average Bonchev–Trinajstić information content (AvgIpc) is 3.10. The van der Waals surface area contributed by atoms with Crippen LogP contribution in [0.3, 0.4) is 0 Å². The Balaban J connectivity index is 1.59. The molecule has 152 valence electrons. The number of benzene rings is 2. The van der Waals surface area contributed by atoms with Gasteiger partial charge in [0.15, 0.2) is 11.0 Å². The van der Waals surface area contributed by atoms with Crippen molar-refractivity contribution in [2.75, 3.05) is 11.1 Å². The molecule has 0 aliphatic heterocycles. The van der Waals surface area contributed by atoms with Gasteiger partial charge in [-0.15, -0.1) is 10.2 Å². The summed E-state index contributed by atoms with van der Waals surface area (Å²) in [7, 11) is 0. The molecule has 1 aromatic heterocycles. The molecule has 0 aliphatic carbocycles. The number of nitrogens with zero attached hydrogens (tertiary/aromatic N) is 3. The summed E-state index contributed by atoms with van der Waals surface area (Å²) in [4.78, 5) is 12.2. The SMILES string of the molecule is CCn1c(COc2ccccc2C)nnc1SCC(=O)Nc1ccc(C)cc1F. The molecule has 0 saturated heterocycles. The molecule has 3 rings (SSSR count). The first-order chi connectivity index (χ1) is 14.0. The van der Waals surface area contributed by atoms with Crippen molar-refractivity contribution in [3.8, 4) is 5.75 Å². The number of hydrogen-bond donors (Lipinski definition) is 1. The van der Waals surface area contributed by atoms with Crippen LogP contribution in [0.15, 0.2) is 47.6 Å². The van der Waals surface area contributed by atoms with Gasteiger partial charge in [-0.3, -0.25) is 4.79 Å². The van der Waals surface area contributed by atoms with Crippen molar-refractivity contribution in [2.45, 2.75) is 39.1 Å². The molecule has 0 spiro atoms. The van der Waals surface area contributed by atoms with Gasteiger partial charge in [-0.2, -0.15) is 0 Å². The molecular weight excluding hydrogens is 391 g/mol. The number of rotatable bonds is 8. The van der Waals surface area contributed by atoms with E-state index in [1.807, 2.05) is 42.7 Å². The number of para-hydroxylation sites is 1. The number of carbonyl (C=O) groups is 1. The molecule has 2 aromatic carbocycles. The van der Waals surface area contributed by atoms with E-state index in [0.717, 1.165) is 16.9 Å². The summed E-state index contributed by atoms with van der Waals surface area (Å²) in [5, 5.41) is 11.6. The van der Waals surface area contributed by atoms with E-state index in [1.165, 1.54) is 17.8 Å². The predicted molar refractivity (Wildman–Crippen MR) is 112 cm³/mol. The number of anilines is 1. The molecule has 0 atom stereocenters. The molecule has 1 amide bonds. The summed E-state index contributed by atoms with van der Waals surface area (Å²) in [5.74, 6) is 0.830. The van der Waals surface area contributed by atoms with Crippen molar-refractivity contribution >= 4 is 23.4 Å². The van der Waals surface area contributed by atoms with Gasteiger partial charge in [-0.25, -0.2) is 4.39 Å². The third-order valence-electron chi connectivity index (χ3n) is 4.29. The van der Waals surface area contributed by atoms with Crippen molar-refractivity contribution in [2.24, 2.45) is 0 Å². The summed E-state index contributed by atoms with van der Waals surface area (Å²) in [6.07, 6.45) is 0. The lowest BCUT2D eigenvalue weighted by Gasteiger charge is -2.10. The van der Waals surface area contributed by atoms with Gasteiger partial charge in [-0.05, 0) is 50.1 Å². The van der Waals surface area contributed by atoms with Crippen LogP contribution in [-0.2, 0) is 17.9 Å². The van der Waals surface area contributed by atoms with Crippen LogP contribution in [0.5, 0.6) is 5.75 Å². The standard InChI is InChI=1S/C21H23FN4O2S/c1-4-26-19(12-28-18-8-6-5-7-15(18)3)24-25-21(26)29-13-20(27)23-17-10-9-14(2)11-16(17)22/h5-11H,4,12-13H2,1-3H3,(H,23,27). The third-order valence-corrected chi connectivity index (χ3v) is 5.26. The fourth-order valence-electron chi connectivity index (χ4n) is 2.75. The number of hydrogen-bond acceptors (Lipinski definition) is 5. The Labute approximate surface area is 173 Å². The Bertz CT molecular complexity index is 1010. The molecule has 29 heavy (non-hydrogen) atoms. The molecule has 0 unspecified atom stereocenters. The van der Waals surface area contributed by atoms with E-state index < -0.39 is 5.82 Å². The Morgan fingerprint density at radius 1 is 1.21 bits per heavy atom. The number of thioether (sulfide) groups is 1. The zero-order valence-corrected chi connectivity index (χ0v) is 17.4. The number of aryl methyl sites for hydroxylation is 2. The maximum absolute atomic E-state index is 13.9. The molecule has 0 bridgehead atoms. The van der Waals surface area contributed by atoms with Crippen LogP contribution >= 0.6 is 11.8 Å². The van der Waals surface area contributed by atoms with Crippen LogP contribution in [-0.4, -0.2) is 26.4 Å². The van der Waals surface area contributed by atoms with Crippen molar-refractivity contribution in [1.82, 2.24) is 14.8 Å². The number of halogens is 1. The van der Waals surface area contributed by atoms with Crippen molar-refractivity contribution in [1.29, 1.82) is 0 Å². The van der Waals surface area contributed by atoms with Crippen molar-refractivity contribution in [3.63, 3.8) is 0 Å². The van der Waals surface area contributed by atoms with E-state index >= 15 is 0 Å². The number of aromatic nitrogens is 3. The van der Waals surface area contributed by atoms with Crippen molar-refractivity contribution in [3.05, 3.63) is 65.2 Å². The lowest BCUT2D eigenvalue weighted by molar-refractivity contribution is -0.113. The summed E-state index contributed by atoms with van der Waals surface area (Å²) in [5.41, 5.74) is 2.02. The average molecular weight is 415 g/mol. The summed E-state index contributed by atoms with van der Waals surface area (Å²) in [6, 6.07) is 12.5. The Morgan fingerprint density at radius 2 is 2.00 bits per heavy atom.